The van der Waals surface area contributed by atoms with Crippen LogP contribution in [0.5, 0.6) is 0 Å². The summed E-state index contributed by atoms with van der Waals surface area (Å²) in [6, 6.07) is 14.4. The van der Waals surface area contributed by atoms with Crippen molar-refractivity contribution in [2.45, 2.75) is 44.2 Å². The summed E-state index contributed by atoms with van der Waals surface area (Å²) >= 11 is 1.62. The number of hydrogen-bond acceptors (Lipinski definition) is 4. The number of anilines is 1. The van der Waals surface area contributed by atoms with E-state index in [0.29, 0.717) is 17.8 Å². The number of hydrogen-bond donors (Lipinski definition) is 3. The van der Waals surface area contributed by atoms with Crippen molar-refractivity contribution in [3.05, 3.63) is 59.7 Å². The molecule has 29 heavy (non-hydrogen) atoms. The van der Waals surface area contributed by atoms with Gasteiger partial charge in [-0.3, -0.25) is 9.59 Å². The summed E-state index contributed by atoms with van der Waals surface area (Å²) in [5.74, 6) is -0.208. The normalized spacial score (nSPS) is 10.5. The molecule has 0 atom stereocenters. The summed E-state index contributed by atoms with van der Waals surface area (Å²) in [5.41, 5.74) is 2.21. The number of nitrogens with one attached hydrogen (secondary N) is 3. The molecular weight excluding hydrogens is 386 g/mol. The monoisotopic (exact) mass is 413 g/mol. The van der Waals surface area contributed by atoms with E-state index in [-0.39, 0.29) is 36.6 Å². The molecule has 0 aliphatic rings. The second-order valence-corrected chi connectivity index (χ2v) is 7.76. The molecule has 0 bridgehead atoms. The molecule has 3 N–H and O–H groups in total. The Kier molecular flexibility index (Phi) is 8.73. The van der Waals surface area contributed by atoms with E-state index in [9.17, 15) is 14.4 Å². The number of benzene rings is 2. The first-order valence-electron chi connectivity index (χ1n) is 9.48. The van der Waals surface area contributed by atoms with Gasteiger partial charge in [-0.2, -0.15) is 0 Å². The number of urea groups is 1. The van der Waals surface area contributed by atoms with E-state index in [1.807, 2.05) is 44.4 Å². The van der Waals surface area contributed by atoms with E-state index < -0.39 is 0 Å². The van der Waals surface area contributed by atoms with Crippen LogP contribution in [0.1, 0.15) is 42.6 Å². The fourth-order valence-corrected chi connectivity index (χ4v) is 2.98. The molecule has 0 spiro atoms. The van der Waals surface area contributed by atoms with Gasteiger partial charge in [-0.1, -0.05) is 24.3 Å². The maximum absolute atomic E-state index is 12.2. The van der Waals surface area contributed by atoms with Crippen molar-refractivity contribution >= 4 is 35.2 Å². The fourth-order valence-electron chi connectivity index (χ4n) is 2.57. The van der Waals surface area contributed by atoms with Crippen LogP contribution in [0.4, 0.5) is 10.5 Å². The Morgan fingerprint density at radius 1 is 0.931 bits per heavy atom. The highest BCUT2D eigenvalue weighted by molar-refractivity contribution is 7.98. The molecule has 0 heterocycles. The molecule has 0 aliphatic heterocycles. The molecule has 0 saturated carbocycles. The highest BCUT2D eigenvalue weighted by Gasteiger charge is 2.10. The van der Waals surface area contributed by atoms with Crippen molar-refractivity contribution in [2.24, 2.45) is 0 Å². The summed E-state index contributed by atoms with van der Waals surface area (Å²) in [6.07, 6.45) is 2.31. The summed E-state index contributed by atoms with van der Waals surface area (Å²) in [7, 11) is 0. The first kappa shape index (κ1) is 22.5. The lowest BCUT2D eigenvalue weighted by Crippen LogP contribution is -2.34. The van der Waals surface area contributed by atoms with Gasteiger partial charge in [-0.15, -0.1) is 11.8 Å². The van der Waals surface area contributed by atoms with E-state index in [2.05, 4.69) is 16.0 Å². The van der Waals surface area contributed by atoms with Crippen molar-refractivity contribution in [1.82, 2.24) is 10.6 Å². The number of carbonyl (C=O) groups excluding carboxylic acids is 3. The van der Waals surface area contributed by atoms with Gasteiger partial charge >= 0.3 is 6.03 Å². The minimum Gasteiger partial charge on any atom is -0.352 e. The first-order valence-corrected chi connectivity index (χ1v) is 10.7. The third-order valence-electron chi connectivity index (χ3n) is 4.11. The topological polar surface area (TPSA) is 87.3 Å². The Balaban J connectivity index is 1.74. The molecule has 2 aromatic carbocycles. The third kappa shape index (κ3) is 7.99. The number of Topliss-reactive ketones (excluding diaryl/α,β-unsaturated/α-hetero) is 1. The summed E-state index contributed by atoms with van der Waals surface area (Å²) < 4.78 is 0. The van der Waals surface area contributed by atoms with Crippen LogP contribution >= 0.6 is 11.8 Å². The number of thioether (sulfide) groups is 1. The minimum absolute atomic E-state index is 0.0390. The average molecular weight is 414 g/mol. The van der Waals surface area contributed by atoms with E-state index in [1.165, 1.54) is 0 Å². The van der Waals surface area contributed by atoms with Crippen molar-refractivity contribution in [3.63, 3.8) is 0 Å². The molecule has 3 amide bonds. The van der Waals surface area contributed by atoms with Crippen LogP contribution in [0, 0.1) is 0 Å². The molecule has 154 valence electrons. The smallest absolute Gasteiger partial charge is 0.319 e. The molecule has 2 rings (SSSR count). The van der Waals surface area contributed by atoms with Crippen LogP contribution in [-0.2, 0) is 11.3 Å². The molecule has 2 aromatic rings. The van der Waals surface area contributed by atoms with Crippen molar-refractivity contribution < 1.29 is 14.4 Å². The predicted octanol–water partition coefficient (Wildman–Crippen LogP) is 4.22. The zero-order chi connectivity index (χ0) is 21.2. The third-order valence-corrected chi connectivity index (χ3v) is 4.86. The van der Waals surface area contributed by atoms with Crippen LogP contribution in [0.25, 0.3) is 0 Å². The number of carbonyl (C=O) groups is 3. The molecule has 0 radical (unpaired) electrons. The van der Waals surface area contributed by atoms with Crippen LogP contribution in [0.15, 0.2) is 53.4 Å². The van der Waals surface area contributed by atoms with Crippen LogP contribution < -0.4 is 16.0 Å². The molecule has 7 heteroatoms. The zero-order valence-corrected chi connectivity index (χ0v) is 17.8. The Hall–Kier alpha value is -2.80. The lowest BCUT2D eigenvalue weighted by atomic mass is 10.1. The van der Waals surface area contributed by atoms with Crippen molar-refractivity contribution in [1.29, 1.82) is 0 Å². The molecule has 0 unspecified atom stereocenters. The number of ketones is 1. The van der Waals surface area contributed by atoms with Gasteiger partial charge in [0.15, 0.2) is 5.78 Å². The van der Waals surface area contributed by atoms with Gasteiger partial charge in [0.05, 0.1) is 0 Å². The van der Waals surface area contributed by atoms with Gasteiger partial charge in [0.2, 0.25) is 5.91 Å². The van der Waals surface area contributed by atoms with Crippen molar-refractivity contribution in [2.75, 3.05) is 11.6 Å². The van der Waals surface area contributed by atoms with Crippen LogP contribution in [-0.4, -0.2) is 30.0 Å². The molecule has 0 fully saturated rings. The second-order valence-electron chi connectivity index (χ2n) is 6.88. The van der Waals surface area contributed by atoms with Gasteiger partial charge < -0.3 is 16.0 Å². The van der Waals surface area contributed by atoms with Gasteiger partial charge in [0, 0.05) is 41.6 Å². The highest BCUT2D eigenvalue weighted by atomic mass is 32.2. The number of amides is 3. The van der Waals surface area contributed by atoms with Gasteiger partial charge in [-0.25, -0.2) is 4.79 Å². The largest absolute Gasteiger partial charge is 0.352 e. The lowest BCUT2D eigenvalue weighted by Gasteiger charge is -2.11. The predicted molar refractivity (Wildman–Crippen MR) is 117 cm³/mol. The number of rotatable bonds is 9. The van der Waals surface area contributed by atoms with E-state index >= 15 is 0 Å². The second kappa shape index (κ2) is 11.3. The molecule has 6 nitrogen and oxygen atoms in total. The van der Waals surface area contributed by atoms with Crippen LogP contribution in [0.3, 0.4) is 0 Å². The molecule has 0 aliphatic carbocycles. The standard InChI is InChI=1S/C22H27N3O3S/c1-15(2)24-22(28)25-18-8-4-16(5-9-18)14-23-21(27)13-12-20(26)17-6-10-19(29-3)11-7-17/h4-11,15H,12-14H2,1-3H3,(H,23,27)(H2,24,25,28). The lowest BCUT2D eigenvalue weighted by molar-refractivity contribution is -0.121. The van der Waals surface area contributed by atoms with Gasteiger partial charge in [0.25, 0.3) is 0 Å². The summed E-state index contributed by atoms with van der Waals surface area (Å²) in [4.78, 5) is 37.0. The first-order chi connectivity index (χ1) is 13.9. The Morgan fingerprint density at radius 2 is 1.59 bits per heavy atom. The van der Waals surface area contributed by atoms with Gasteiger partial charge in [-0.05, 0) is 49.9 Å². The summed E-state index contributed by atoms with van der Waals surface area (Å²) in [5, 5.41) is 8.31. The minimum atomic E-state index is -0.256. The summed E-state index contributed by atoms with van der Waals surface area (Å²) in [6.45, 7) is 4.15. The highest BCUT2D eigenvalue weighted by Crippen LogP contribution is 2.16. The molecule has 0 aromatic heterocycles. The Morgan fingerprint density at radius 3 is 2.17 bits per heavy atom. The quantitative estimate of drug-likeness (QED) is 0.424. The SMILES string of the molecule is CSc1ccc(C(=O)CCC(=O)NCc2ccc(NC(=O)NC(C)C)cc2)cc1. The zero-order valence-electron chi connectivity index (χ0n) is 17.0. The van der Waals surface area contributed by atoms with Crippen LogP contribution in [0.2, 0.25) is 0 Å². The van der Waals surface area contributed by atoms with Gasteiger partial charge in [0.1, 0.15) is 0 Å². The maximum Gasteiger partial charge on any atom is 0.319 e. The Labute approximate surface area is 175 Å². The molecular formula is C22H27N3O3S. The maximum atomic E-state index is 12.2. The fraction of sp³-hybridized carbons (Fsp3) is 0.318. The van der Waals surface area contributed by atoms with Crippen molar-refractivity contribution in [3.8, 4) is 0 Å². The van der Waals surface area contributed by atoms with E-state index in [4.69, 9.17) is 0 Å². The van der Waals surface area contributed by atoms with E-state index in [1.54, 1.807) is 36.0 Å². The van der Waals surface area contributed by atoms with E-state index in [0.717, 1.165) is 10.5 Å². The average Bonchev–Trinajstić information content (AvgIpc) is 2.71. The Bertz CT molecular complexity index is 833. The molecule has 0 saturated heterocycles.